The maximum Gasteiger partial charge on any atom is 0.313 e. The van der Waals surface area contributed by atoms with Gasteiger partial charge in [-0.1, -0.05) is 12.8 Å². The molecule has 1 aliphatic carbocycles. The van der Waals surface area contributed by atoms with Crippen LogP contribution in [0, 0.1) is 5.92 Å². The van der Waals surface area contributed by atoms with Crippen molar-refractivity contribution in [3.05, 3.63) is 23.7 Å². The molecule has 0 unspecified atom stereocenters. The van der Waals surface area contributed by atoms with Crippen LogP contribution < -0.4 is 5.32 Å². The van der Waals surface area contributed by atoms with Gasteiger partial charge >= 0.3 is 5.97 Å². The molecule has 0 spiro atoms. The van der Waals surface area contributed by atoms with E-state index in [9.17, 15) is 14.7 Å². The highest BCUT2D eigenvalue weighted by atomic mass is 16.5. The van der Waals surface area contributed by atoms with Gasteiger partial charge in [-0.2, -0.15) is 0 Å². The van der Waals surface area contributed by atoms with Crippen molar-refractivity contribution in [3.8, 4) is 0 Å². The molecule has 0 radical (unpaired) electrons. The number of hydrogen-bond acceptors (Lipinski definition) is 5. The number of hydrogen-bond donors (Lipinski definition) is 2. The fourth-order valence-corrected chi connectivity index (χ4v) is 2.75. The number of carbonyl (C=O) groups excluding carboxylic acids is 2. The SMILES string of the molecule is COC(=O)Cc1occc1C(=O)N[C@H]1CCCC[C@@H]1CO. The normalized spacial score (nSPS) is 21.8. The quantitative estimate of drug-likeness (QED) is 0.799. The van der Waals surface area contributed by atoms with Gasteiger partial charge in [0.05, 0.1) is 18.9 Å². The van der Waals surface area contributed by atoms with Crippen LogP contribution in [0.1, 0.15) is 41.8 Å². The van der Waals surface area contributed by atoms with Crippen LogP contribution in [-0.4, -0.2) is 36.7 Å². The Hall–Kier alpha value is -1.82. The Morgan fingerprint density at radius 1 is 1.43 bits per heavy atom. The fourth-order valence-electron chi connectivity index (χ4n) is 2.75. The summed E-state index contributed by atoms with van der Waals surface area (Å²) in [5.74, 6) is -0.327. The zero-order valence-corrected chi connectivity index (χ0v) is 12.1. The largest absolute Gasteiger partial charge is 0.469 e. The van der Waals surface area contributed by atoms with E-state index >= 15 is 0 Å². The minimum atomic E-state index is -0.454. The second-order valence-corrected chi connectivity index (χ2v) is 5.32. The molecule has 1 aliphatic rings. The smallest absolute Gasteiger partial charge is 0.313 e. The van der Waals surface area contributed by atoms with Crippen molar-refractivity contribution in [1.82, 2.24) is 5.32 Å². The van der Waals surface area contributed by atoms with Crippen LogP contribution >= 0.6 is 0 Å². The first-order valence-electron chi connectivity index (χ1n) is 7.20. The summed E-state index contributed by atoms with van der Waals surface area (Å²) in [5, 5.41) is 12.3. The molecule has 1 aromatic heterocycles. The first-order chi connectivity index (χ1) is 10.2. The van der Waals surface area contributed by atoms with E-state index in [1.54, 1.807) is 6.07 Å². The van der Waals surface area contributed by atoms with Crippen LogP contribution in [0.5, 0.6) is 0 Å². The Morgan fingerprint density at radius 2 is 2.19 bits per heavy atom. The summed E-state index contributed by atoms with van der Waals surface area (Å²) in [5.41, 5.74) is 0.350. The van der Waals surface area contributed by atoms with Gasteiger partial charge < -0.3 is 19.6 Å². The molecule has 2 rings (SSSR count). The Balaban J connectivity index is 2.03. The molecule has 1 saturated carbocycles. The first kappa shape index (κ1) is 15.6. The lowest BCUT2D eigenvalue weighted by molar-refractivity contribution is -0.140. The van der Waals surface area contributed by atoms with Gasteiger partial charge in [0.2, 0.25) is 0 Å². The molecule has 1 fully saturated rings. The number of amides is 1. The Labute approximate surface area is 123 Å². The molecule has 1 aromatic rings. The molecular formula is C15H21NO5. The number of aliphatic hydroxyl groups excluding tert-OH is 1. The molecule has 116 valence electrons. The van der Waals surface area contributed by atoms with Gasteiger partial charge in [-0.25, -0.2) is 0 Å². The molecule has 2 N–H and O–H groups in total. The minimum absolute atomic E-state index is 0.0304. The Bertz CT molecular complexity index is 496. The average Bonchev–Trinajstić information content (AvgIpc) is 2.95. The van der Waals surface area contributed by atoms with Crippen LogP contribution in [0.3, 0.4) is 0 Å². The Kier molecular flexibility index (Phi) is 5.38. The molecule has 0 saturated heterocycles. The van der Waals surface area contributed by atoms with Gasteiger partial charge in [0, 0.05) is 18.6 Å². The van der Waals surface area contributed by atoms with Crippen molar-refractivity contribution in [2.24, 2.45) is 5.92 Å². The minimum Gasteiger partial charge on any atom is -0.469 e. The van der Waals surface area contributed by atoms with Crippen molar-refractivity contribution in [2.75, 3.05) is 13.7 Å². The summed E-state index contributed by atoms with van der Waals surface area (Å²) in [7, 11) is 1.29. The molecule has 21 heavy (non-hydrogen) atoms. The number of furan rings is 1. The molecule has 1 heterocycles. The summed E-state index contributed by atoms with van der Waals surface area (Å²) >= 11 is 0. The highest BCUT2D eigenvalue weighted by Crippen LogP contribution is 2.24. The Morgan fingerprint density at radius 3 is 2.90 bits per heavy atom. The van der Waals surface area contributed by atoms with E-state index in [0.717, 1.165) is 25.7 Å². The summed E-state index contributed by atoms with van der Waals surface area (Å²) < 4.78 is 9.77. The zero-order valence-electron chi connectivity index (χ0n) is 12.1. The van der Waals surface area contributed by atoms with E-state index < -0.39 is 5.97 Å². The number of aliphatic hydroxyl groups is 1. The maximum absolute atomic E-state index is 12.3. The van der Waals surface area contributed by atoms with E-state index in [4.69, 9.17) is 4.42 Å². The van der Waals surface area contributed by atoms with Crippen molar-refractivity contribution >= 4 is 11.9 Å². The third-order valence-corrected chi connectivity index (χ3v) is 3.98. The lowest BCUT2D eigenvalue weighted by Gasteiger charge is -2.30. The van der Waals surface area contributed by atoms with Crippen LogP contribution in [0.4, 0.5) is 0 Å². The predicted molar refractivity (Wildman–Crippen MR) is 74.7 cm³/mol. The van der Waals surface area contributed by atoms with Crippen molar-refractivity contribution in [2.45, 2.75) is 38.1 Å². The first-order valence-corrected chi connectivity index (χ1v) is 7.20. The molecule has 6 nitrogen and oxygen atoms in total. The van der Waals surface area contributed by atoms with Gasteiger partial charge in [-0.15, -0.1) is 0 Å². The maximum atomic E-state index is 12.3. The van der Waals surface area contributed by atoms with Gasteiger partial charge in [-0.3, -0.25) is 9.59 Å². The highest BCUT2D eigenvalue weighted by Gasteiger charge is 2.27. The highest BCUT2D eigenvalue weighted by molar-refractivity contribution is 5.96. The fraction of sp³-hybridized carbons (Fsp3) is 0.600. The van der Waals surface area contributed by atoms with E-state index in [2.05, 4.69) is 10.1 Å². The van der Waals surface area contributed by atoms with Crippen LogP contribution in [-0.2, 0) is 16.0 Å². The number of nitrogens with one attached hydrogen (secondary N) is 1. The molecular weight excluding hydrogens is 274 g/mol. The van der Waals surface area contributed by atoms with E-state index in [0.29, 0.717) is 11.3 Å². The third-order valence-electron chi connectivity index (χ3n) is 3.98. The second kappa shape index (κ2) is 7.26. The summed E-state index contributed by atoms with van der Waals surface area (Å²) in [6.07, 6.45) is 5.22. The predicted octanol–water partition coefficient (Wildman–Crippen LogP) is 1.28. The van der Waals surface area contributed by atoms with Gasteiger partial charge in [-0.05, 0) is 18.9 Å². The zero-order chi connectivity index (χ0) is 15.2. The summed E-state index contributed by atoms with van der Waals surface area (Å²) in [4.78, 5) is 23.6. The number of rotatable bonds is 5. The van der Waals surface area contributed by atoms with Crippen molar-refractivity contribution in [3.63, 3.8) is 0 Å². The average molecular weight is 295 g/mol. The number of esters is 1. The standard InChI is InChI=1S/C15H21NO5/c1-20-14(18)8-13-11(6-7-21-13)15(19)16-12-5-3-2-4-10(12)9-17/h6-7,10,12,17H,2-5,8-9H2,1H3,(H,16,19)/t10-,12+/m1/s1. The number of methoxy groups -OCH3 is 1. The molecule has 0 aliphatic heterocycles. The molecule has 2 atom stereocenters. The monoisotopic (exact) mass is 295 g/mol. The van der Waals surface area contributed by atoms with Crippen LogP contribution in [0.15, 0.2) is 16.7 Å². The van der Waals surface area contributed by atoms with E-state index in [1.165, 1.54) is 13.4 Å². The third kappa shape index (κ3) is 3.85. The number of carbonyl (C=O) groups is 2. The lowest BCUT2D eigenvalue weighted by atomic mass is 9.85. The lowest BCUT2D eigenvalue weighted by Crippen LogP contribution is -2.43. The van der Waals surface area contributed by atoms with E-state index in [1.807, 2.05) is 0 Å². The van der Waals surface area contributed by atoms with Gasteiger partial charge in [0.1, 0.15) is 12.2 Å². The topological polar surface area (TPSA) is 88.8 Å². The van der Waals surface area contributed by atoms with Crippen molar-refractivity contribution in [1.29, 1.82) is 0 Å². The van der Waals surface area contributed by atoms with Gasteiger partial charge in [0.15, 0.2) is 0 Å². The van der Waals surface area contributed by atoms with Crippen LogP contribution in [0.25, 0.3) is 0 Å². The van der Waals surface area contributed by atoms with Crippen LogP contribution in [0.2, 0.25) is 0 Å². The number of ether oxygens (including phenoxy) is 1. The second-order valence-electron chi connectivity index (χ2n) is 5.32. The van der Waals surface area contributed by atoms with Gasteiger partial charge in [0.25, 0.3) is 5.91 Å². The van der Waals surface area contributed by atoms with Crippen molar-refractivity contribution < 1.29 is 23.8 Å². The summed E-state index contributed by atoms with van der Waals surface area (Å²) in [6.45, 7) is 0.0748. The summed E-state index contributed by atoms with van der Waals surface area (Å²) in [6, 6.07) is 1.52. The molecule has 0 aromatic carbocycles. The molecule has 6 heteroatoms. The molecule has 1 amide bonds. The van der Waals surface area contributed by atoms with E-state index in [-0.39, 0.29) is 30.9 Å². The molecule has 0 bridgehead atoms.